The number of aryl methyl sites for hydroxylation is 2. The highest BCUT2D eigenvalue weighted by atomic mass is 19.1. The van der Waals surface area contributed by atoms with Crippen molar-refractivity contribution in [2.45, 2.75) is 32.9 Å². The molecule has 1 aromatic carbocycles. The van der Waals surface area contributed by atoms with Crippen LogP contribution in [-0.2, 0) is 17.7 Å². The average molecular weight is 481 g/mol. The first kappa shape index (κ1) is 23.4. The number of hydrogen-bond acceptors (Lipinski definition) is 7. The number of halogens is 1. The van der Waals surface area contributed by atoms with Crippen LogP contribution in [0.5, 0.6) is 0 Å². The van der Waals surface area contributed by atoms with Crippen LogP contribution in [0.4, 0.5) is 10.1 Å². The summed E-state index contributed by atoms with van der Waals surface area (Å²) < 4.78 is 19.9. The van der Waals surface area contributed by atoms with Crippen LogP contribution in [0.2, 0.25) is 0 Å². The Morgan fingerprint density at radius 1 is 1.20 bits per heavy atom. The highest BCUT2D eigenvalue weighted by molar-refractivity contribution is 5.98. The van der Waals surface area contributed by atoms with Crippen molar-refractivity contribution in [2.24, 2.45) is 0 Å². The summed E-state index contributed by atoms with van der Waals surface area (Å²) in [5, 5.41) is 2.98. The van der Waals surface area contributed by atoms with Gasteiger partial charge < -0.3 is 19.9 Å². The lowest BCUT2D eigenvalue weighted by Crippen LogP contribution is -2.50. The van der Waals surface area contributed by atoms with Gasteiger partial charge in [0.1, 0.15) is 11.2 Å². The van der Waals surface area contributed by atoms with Gasteiger partial charge in [0, 0.05) is 38.4 Å². The van der Waals surface area contributed by atoms with Crippen LogP contribution in [0.1, 0.15) is 34.4 Å². The molecule has 2 aliphatic rings. The Morgan fingerprint density at radius 2 is 1.97 bits per heavy atom. The molecule has 0 saturated carbocycles. The van der Waals surface area contributed by atoms with Gasteiger partial charge in [-0.25, -0.2) is 14.4 Å². The Bertz CT molecular complexity index is 1310. The monoisotopic (exact) mass is 480 g/mol. The van der Waals surface area contributed by atoms with E-state index in [0.717, 1.165) is 30.0 Å². The van der Waals surface area contributed by atoms with E-state index in [-0.39, 0.29) is 23.0 Å². The normalized spacial score (nSPS) is 16.9. The molecule has 35 heavy (non-hydrogen) atoms. The van der Waals surface area contributed by atoms with E-state index in [1.807, 2.05) is 26.0 Å². The number of fused-ring (bicyclic) bond motifs is 1. The number of aromatic amines is 1. The Hall–Kier alpha value is -3.37. The van der Waals surface area contributed by atoms with Crippen molar-refractivity contribution in [3.63, 3.8) is 0 Å². The maximum absolute atomic E-state index is 14.7. The highest BCUT2D eigenvalue weighted by Gasteiger charge is 2.26. The van der Waals surface area contributed by atoms with Crippen LogP contribution in [0.25, 0.3) is 11.0 Å². The molecule has 0 spiro atoms. The third-order valence-corrected chi connectivity index (χ3v) is 6.54. The zero-order valence-corrected chi connectivity index (χ0v) is 19.9. The molecular formula is C25H29FN6O3. The summed E-state index contributed by atoms with van der Waals surface area (Å²) in [7, 11) is 0. The number of pyridine rings is 1. The van der Waals surface area contributed by atoms with Crippen molar-refractivity contribution < 1.29 is 13.9 Å². The molecule has 9 nitrogen and oxygen atoms in total. The van der Waals surface area contributed by atoms with Crippen molar-refractivity contribution in [1.29, 1.82) is 0 Å². The zero-order valence-electron chi connectivity index (χ0n) is 19.9. The molecule has 2 aliphatic heterocycles. The van der Waals surface area contributed by atoms with Crippen molar-refractivity contribution >= 4 is 22.6 Å². The van der Waals surface area contributed by atoms with Crippen LogP contribution in [-0.4, -0.2) is 71.2 Å². The molecule has 184 valence electrons. The fraction of sp³-hybridized carbons (Fsp3) is 0.440. The number of benzene rings is 1. The van der Waals surface area contributed by atoms with Crippen LogP contribution in [0.3, 0.4) is 0 Å². The third-order valence-electron chi connectivity index (χ3n) is 6.54. The first-order chi connectivity index (χ1) is 16.9. The van der Waals surface area contributed by atoms with Crippen molar-refractivity contribution in [3.8, 4) is 0 Å². The van der Waals surface area contributed by atoms with Crippen molar-refractivity contribution in [2.75, 3.05) is 44.3 Å². The Labute approximate surface area is 202 Å². The first-order valence-corrected chi connectivity index (χ1v) is 12.0. The molecule has 0 bridgehead atoms. The van der Waals surface area contributed by atoms with E-state index in [9.17, 15) is 14.0 Å². The molecule has 10 heteroatoms. The standard InChI is InChI=1S/C25H29FN6O3/c1-3-19-24(33)30-20-11-16(10-18(26)22(20)29-19)12-31-6-8-32(9-7-31)21-5-4-15(2)27-23(21)25(34)28-17-13-35-14-17/h4-5,10-11,17H,3,6-9,12-14H2,1-2H3,(H,28,34)(H,30,33). The fourth-order valence-corrected chi connectivity index (χ4v) is 4.52. The maximum atomic E-state index is 14.7. The topological polar surface area (TPSA) is 103 Å². The number of carbonyl (C=O) groups is 1. The molecule has 0 atom stereocenters. The molecular weight excluding hydrogens is 451 g/mol. The largest absolute Gasteiger partial charge is 0.377 e. The molecule has 3 aromatic rings. The Balaban J connectivity index is 1.28. The molecule has 0 aliphatic carbocycles. The Morgan fingerprint density at radius 3 is 2.66 bits per heavy atom. The molecule has 0 unspecified atom stereocenters. The van der Waals surface area contributed by atoms with E-state index in [4.69, 9.17) is 4.74 Å². The van der Waals surface area contributed by atoms with E-state index in [1.54, 1.807) is 6.07 Å². The quantitative estimate of drug-likeness (QED) is 0.554. The second kappa shape index (κ2) is 9.71. The van der Waals surface area contributed by atoms with Gasteiger partial charge in [0.25, 0.3) is 11.5 Å². The predicted octanol–water partition coefficient (Wildman–Crippen LogP) is 1.78. The van der Waals surface area contributed by atoms with Gasteiger partial charge >= 0.3 is 0 Å². The molecule has 2 fully saturated rings. The van der Waals surface area contributed by atoms with Crippen LogP contribution >= 0.6 is 0 Å². The number of hydrogen-bond donors (Lipinski definition) is 2. The van der Waals surface area contributed by atoms with E-state index in [1.165, 1.54) is 6.07 Å². The van der Waals surface area contributed by atoms with E-state index >= 15 is 0 Å². The molecule has 0 radical (unpaired) electrons. The van der Waals surface area contributed by atoms with Gasteiger partial charge in [0.2, 0.25) is 0 Å². The molecule has 2 N–H and O–H groups in total. The molecule has 1 amide bonds. The predicted molar refractivity (Wildman–Crippen MR) is 130 cm³/mol. The number of H-pyrrole nitrogens is 1. The van der Waals surface area contributed by atoms with E-state index < -0.39 is 5.82 Å². The van der Waals surface area contributed by atoms with Crippen molar-refractivity contribution in [1.82, 2.24) is 25.2 Å². The van der Waals surface area contributed by atoms with E-state index in [2.05, 4.69) is 30.1 Å². The first-order valence-electron chi connectivity index (χ1n) is 12.0. The average Bonchev–Trinajstić information content (AvgIpc) is 2.81. The lowest BCUT2D eigenvalue weighted by atomic mass is 10.1. The second-order valence-corrected chi connectivity index (χ2v) is 9.13. The number of piperazine rings is 1. The summed E-state index contributed by atoms with van der Waals surface area (Å²) in [4.78, 5) is 40.8. The summed E-state index contributed by atoms with van der Waals surface area (Å²) in [5.41, 5.74) is 3.50. The van der Waals surface area contributed by atoms with Crippen molar-refractivity contribution in [3.05, 3.63) is 63.1 Å². The summed E-state index contributed by atoms with van der Waals surface area (Å²) in [5.74, 6) is -0.611. The molecule has 5 rings (SSSR count). The minimum absolute atomic E-state index is 0.0376. The molecule has 2 aromatic heterocycles. The van der Waals surface area contributed by atoms with Gasteiger partial charge in [-0.2, -0.15) is 0 Å². The van der Waals surface area contributed by atoms with Gasteiger partial charge in [-0.3, -0.25) is 14.5 Å². The summed E-state index contributed by atoms with van der Waals surface area (Å²) in [6, 6.07) is 7.21. The SMILES string of the molecule is CCc1nc2c(F)cc(CN3CCN(c4ccc(C)nc4C(=O)NC4COC4)CC3)cc2[nH]c1=O. The van der Waals surface area contributed by atoms with Gasteiger partial charge in [-0.1, -0.05) is 6.92 Å². The van der Waals surface area contributed by atoms with Gasteiger partial charge in [-0.05, 0) is 43.2 Å². The minimum Gasteiger partial charge on any atom is -0.377 e. The van der Waals surface area contributed by atoms with Gasteiger partial charge in [0.15, 0.2) is 11.5 Å². The van der Waals surface area contributed by atoms with Gasteiger partial charge in [0.05, 0.1) is 30.5 Å². The minimum atomic E-state index is -0.430. The zero-order chi connectivity index (χ0) is 24.5. The lowest BCUT2D eigenvalue weighted by Gasteiger charge is -2.37. The van der Waals surface area contributed by atoms with Crippen LogP contribution in [0, 0.1) is 12.7 Å². The highest BCUT2D eigenvalue weighted by Crippen LogP contribution is 2.23. The number of ether oxygens (including phenoxy) is 1. The van der Waals surface area contributed by atoms with E-state index in [0.29, 0.717) is 56.2 Å². The van der Waals surface area contributed by atoms with Gasteiger partial charge in [-0.15, -0.1) is 0 Å². The Kier molecular flexibility index (Phi) is 6.48. The number of anilines is 1. The number of aromatic nitrogens is 3. The maximum Gasteiger partial charge on any atom is 0.272 e. The van der Waals surface area contributed by atoms with Crippen LogP contribution < -0.4 is 15.8 Å². The summed E-state index contributed by atoms with van der Waals surface area (Å²) >= 11 is 0. The third kappa shape index (κ3) is 4.89. The smallest absolute Gasteiger partial charge is 0.272 e. The number of nitrogens with one attached hydrogen (secondary N) is 2. The number of amides is 1. The van der Waals surface area contributed by atoms with Crippen LogP contribution in [0.15, 0.2) is 29.1 Å². The second-order valence-electron chi connectivity index (χ2n) is 9.13. The number of rotatable bonds is 6. The molecule has 2 saturated heterocycles. The summed E-state index contributed by atoms with van der Waals surface area (Å²) in [6.07, 6.45) is 0.450. The number of nitrogens with zero attached hydrogens (tertiary/aromatic N) is 4. The fourth-order valence-electron chi connectivity index (χ4n) is 4.52. The lowest BCUT2D eigenvalue weighted by molar-refractivity contribution is -0.00354. The summed E-state index contributed by atoms with van der Waals surface area (Å²) in [6.45, 7) is 8.23. The molecule has 4 heterocycles. The number of carbonyl (C=O) groups excluding carboxylic acids is 1.